The molecular formula is C10H17NO3S. The fourth-order valence-electron chi connectivity index (χ4n) is 1.51. The van der Waals surface area contributed by atoms with Crippen molar-refractivity contribution in [1.29, 1.82) is 0 Å². The summed E-state index contributed by atoms with van der Waals surface area (Å²) in [5.74, 6) is -0.761. The number of hydrogen-bond donors (Lipinski definition) is 2. The van der Waals surface area contributed by atoms with Gasteiger partial charge >= 0.3 is 11.9 Å². The molecule has 0 radical (unpaired) electrons. The van der Waals surface area contributed by atoms with Gasteiger partial charge in [-0.1, -0.05) is 6.92 Å². The second kappa shape index (κ2) is 6.12. The van der Waals surface area contributed by atoms with Crippen molar-refractivity contribution in [1.82, 2.24) is 5.32 Å². The van der Waals surface area contributed by atoms with Crippen molar-refractivity contribution in [3.63, 3.8) is 0 Å². The lowest BCUT2D eigenvalue weighted by Crippen LogP contribution is -2.35. The molecule has 0 amide bonds. The van der Waals surface area contributed by atoms with Crippen LogP contribution in [0.15, 0.2) is 0 Å². The Morgan fingerprint density at radius 2 is 2.33 bits per heavy atom. The standard InChI is InChI=1S/C10H17NO3S/c1-2-7(6-15)9(12)14-10(13)8-4-3-5-11-8/h7-8,11,15H,2-6H2,1H3/t7-,8+/m1/s1. The molecule has 0 aliphatic carbocycles. The van der Waals surface area contributed by atoms with Gasteiger partial charge in [0, 0.05) is 5.75 Å². The highest BCUT2D eigenvalue weighted by atomic mass is 32.1. The first-order valence-corrected chi connectivity index (χ1v) is 5.92. The van der Waals surface area contributed by atoms with E-state index in [1.807, 2.05) is 6.92 Å². The quantitative estimate of drug-likeness (QED) is 0.426. The second-order valence-electron chi connectivity index (χ2n) is 3.68. The molecule has 1 saturated heterocycles. The number of esters is 2. The van der Waals surface area contributed by atoms with Crippen molar-refractivity contribution < 1.29 is 14.3 Å². The maximum atomic E-state index is 11.5. The molecule has 0 bridgehead atoms. The zero-order valence-electron chi connectivity index (χ0n) is 8.86. The van der Waals surface area contributed by atoms with Gasteiger partial charge in [-0.25, -0.2) is 4.79 Å². The summed E-state index contributed by atoms with van der Waals surface area (Å²) < 4.78 is 4.79. The first kappa shape index (κ1) is 12.5. The lowest BCUT2D eigenvalue weighted by molar-refractivity contribution is -0.163. The molecule has 1 rings (SSSR count). The summed E-state index contributed by atoms with van der Waals surface area (Å²) >= 11 is 4.04. The summed E-state index contributed by atoms with van der Waals surface area (Å²) in [6.45, 7) is 2.69. The van der Waals surface area contributed by atoms with E-state index in [1.54, 1.807) is 0 Å². The molecule has 1 heterocycles. The Morgan fingerprint density at radius 3 is 2.80 bits per heavy atom. The molecule has 15 heavy (non-hydrogen) atoms. The normalized spacial score (nSPS) is 22.4. The topological polar surface area (TPSA) is 55.4 Å². The summed E-state index contributed by atoms with van der Waals surface area (Å²) in [5.41, 5.74) is 0. The Morgan fingerprint density at radius 1 is 1.60 bits per heavy atom. The highest BCUT2D eigenvalue weighted by molar-refractivity contribution is 7.80. The van der Waals surface area contributed by atoms with E-state index in [2.05, 4.69) is 17.9 Å². The molecule has 0 unspecified atom stereocenters. The number of hydrogen-bond acceptors (Lipinski definition) is 5. The third-order valence-electron chi connectivity index (χ3n) is 2.59. The monoisotopic (exact) mass is 231 g/mol. The minimum Gasteiger partial charge on any atom is -0.392 e. The van der Waals surface area contributed by atoms with E-state index < -0.39 is 11.9 Å². The zero-order valence-corrected chi connectivity index (χ0v) is 9.76. The van der Waals surface area contributed by atoms with E-state index >= 15 is 0 Å². The van der Waals surface area contributed by atoms with Crippen LogP contribution >= 0.6 is 12.6 Å². The van der Waals surface area contributed by atoms with E-state index in [0.29, 0.717) is 12.2 Å². The molecule has 86 valence electrons. The lowest BCUT2D eigenvalue weighted by atomic mass is 10.1. The summed E-state index contributed by atoms with van der Waals surface area (Å²) in [6, 6.07) is -0.300. The first-order chi connectivity index (χ1) is 7.19. The summed E-state index contributed by atoms with van der Waals surface area (Å²) in [4.78, 5) is 22.9. The highest BCUT2D eigenvalue weighted by Crippen LogP contribution is 2.11. The number of thiol groups is 1. The van der Waals surface area contributed by atoms with Crippen molar-refractivity contribution in [2.24, 2.45) is 5.92 Å². The minimum absolute atomic E-state index is 0.279. The van der Waals surface area contributed by atoms with Crippen molar-refractivity contribution in [2.45, 2.75) is 32.2 Å². The van der Waals surface area contributed by atoms with Crippen molar-refractivity contribution in [3.05, 3.63) is 0 Å². The Kier molecular flexibility index (Phi) is 5.11. The maximum Gasteiger partial charge on any atom is 0.330 e. The van der Waals surface area contributed by atoms with Crippen LogP contribution < -0.4 is 5.32 Å². The van der Waals surface area contributed by atoms with Gasteiger partial charge < -0.3 is 10.1 Å². The van der Waals surface area contributed by atoms with Gasteiger partial charge in [0.2, 0.25) is 0 Å². The van der Waals surface area contributed by atoms with Gasteiger partial charge in [0.05, 0.1) is 5.92 Å². The molecule has 0 aromatic rings. The fraction of sp³-hybridized carbons (Fsp3) is 0.800. The molecule has 1 aliphatic heterocycles. The van der Waals surface area contributed by atoms with E-state index in [4.69, 9.17) is 4.74 Å². The zero-order chi connectivity index (χ0) is 11.3. The van der Waals surface area contributed by atoms with Crippen LogP contribution in [0.2, 0.25) is 0 Å². The molecule has 0 saturated carbocycles. The van der Waals surface area contributed by atoms with E-state index in [0.717, 1.165) is 19.4 Å². The molecule has 4 nitrogen and oxygen atoms in total. The number of carbonyl (C=O) groups excluding carboxylic acids is 2. The largest absolute Gasteiger partial charge is 0.392 e. The second-order valence-corrected chi connectivity index (χ2v) is 4.04. The Balaban J connectivity index is 2.39. The Bertz CT molecular complexity index is 223. The van der Waals surface area contributed by atoms with Crippen molar-refractivity contribution in [2.75, 3.05) is 12.3 Å². The SMILES string of the molecule is CC[C@H](CS)C(=O)OC(=O)[C@@H]1CCCN1. The minimum atomic E-state index is -0.453. The van der Waals surface area contributed by atoms with Crippen LogP contribution in [0.3, 0.4) is 0 Å². The number of rotatable bonds is 4. The average molecular weight is 231 g/mol. The summed E-state index contributed by atoms with van der Waals surface area (Å²) in [6.07, 6.45) is 2.36. The molecule has 0 spiro atoms. The van der Waals surface area contributed by atoms with Gasteiger partial charge in [-0.3, -0.25) is 4.79 Å². The van der Waals surface area contributed by atoms with Crippen LogP contribution in [0.25, 0.3) is 0 Å². The predicted octanol–water partition coefficient (Wildman–Crippen LogP) is 0.764. The van der Waals surface area contributed by atoms with Crippen molar-refractivity contribution >= 4 is 24.6 Å². The van der Waals surface area contributed by atoms with Gasteiger partial charge in [-0.2, -0.15) is 12.6 Å². The van der Waals surface area contributed by atoms with E-state index in [1.165, 1.54) is 0 Å². The molecule has 2 atom stereocenters. The lowest BCUT2D eigenvalue weighted by Gasteiger charge is -2.12. The Hall–Kier alpha value is -0.550. The van der Waals surface area contributed by atoms with Gasteiger partial charge in [-0.05, 0) is 25.8 Å². The molecule has 0 aromatic carbocycles. The predicted molar refractivity (Wildman–Crippen MR) is 59.8 cm³/mol. The number of ether oxygens (including phenoxy) is 1. The molecule has 5 heteroatoms. The van der Waals surface area contributed by atoms with Gasteiger partial charge in [0.25, 0.3) is 0 Å². The smallest absolute Gasteiger partial charge is 0.330 e. The number of nitrogens with one attached hydrogen (secondary N) is 1. The molecule has 0 aromatic heterocycles. The third-order valence-corrected chi connectivity index (χ3v) is 3.03. The highest BCUT2D eigenvalue weighted by Gasteiger charge is 2.27. The molecule has 1 fully saturated rings. The van der Waals surface area contributed by atoms with Crippen LogP contribution in [-0.2, 0) is 14.3 Å². The number of carbonyl (C=O) groups is 2. The third kappa shape index (κ3) is 3.50. The van der Waals surface area contributed by atoms with Crippen molar-refractivity contribution in [3.8, 4) is 0 Å². The van der Waals surface area contributed by atoms with Crippen LogP contribution in [-0.4, -0.2) is 30.3 Å². The molecule has 1 N–H and O–H groups in total. The van der Waals surface area contributed by atoms with Crippen LogP contribution in [0.5, 0.6) is 0 Å². The van der Waals surface area contributed by atoms with Gasteiger partial charge in [0.15, 0.2) is 0 Å². The molecule has 1 aliphatic rings. The summed E-state index contributed by atoms with van der Waals surface area (Å²) in [7, 11) is 0. The van der Waals surface area contributed by atoms with Crippen LogP contribution in [0.4, 0.5) is 0 Å². The maximum absolute atomic E-state index is 11.5. The van der Waals surface area contributed by atoms with Crippen LogP contribution in [0.1, 0.15) is 26.2 Å². The van der Waals surface area contributed by atoms with Gasteiger partial charge in [-0.15, -0.1) is 0 Å². The van der Waals surface area contributed by atoms with Crippen LogP contribution in [0, 0.1) is 5.92 Å². The van der Waals surface area contributed by atoms with E-state index in [-0.39, 0.29) is 12.0 Å². The average Bonchev–Trinajstić information content (AvgIpc) is 2.72. The summed E-state index contributed by atoms with van der Waals surface area (Å²) in [5, 5.41) is 2.99. The van der Waals surface area contributed by atoms with Gasteiger partial charge in [0.1, 0.15) is 6.04 Å². The fourth-order valence-corrected chi connectivity index (χ4v) is 1.92. The Labute approximate surface area is 95.2 Å². The van der Waals surface area contributed by atoms with E-state index in [9.17, 15) is 9.59 Å². The first-order valence-electron chi connectivity index (χ1n) is 5.28. The molecular weight excluding hydrogens is 214 g/mol.